The molecule has 13 heavy (non-hydrogen) atoms. The number of carbonyl (C=O) groups excluding carboxylic acids is 1. The molecule has 0 aliphatic carbocycles. The number of hydrogen-bond donors (Lipinski definition) is 3. The second kappa shape index (κ2) is 5.45. The number of carbonyl (C=O) groups is 2. The zero-order chi connectivity index (χ0) is 10.4. The van der Waals surface area contributed by atoms with Gasteiger partial charge in [-0.3, -0.25) is 4.79 Å². The molecule has 0 rings (SSSR count). The van der Waals surface area contributed by atoms with E-state index in [4.69, 9.17) is 10.3 Å². The first kappa shape index (κ1) is 11.8. The van der Waals surface area contributed by atoms with E-state index in [-0.39, 0.29) is 17.8 Å². The van der Waals surface area contributed by atoms with Crippen molar-refractivity contribution in [3.63, 3.8) is 0 Å². The lowest BCUT2D eigenvalue weighted by molar-refractivity contribution is -0.132. The first-order valence-electron chi connectivity index (χ1n) is 3.81. The molecule has 0 aliphatic heterocycles. The number of nitrogens with one attached hydrogen (secondary N) is 1. The van der Waals surface area contributed by atoms with Gasteiger partial charge in [-0.2, -0.15) is 5.48 Å². The molecule has 3 N–H and O–H groups in total. The topological polar surface area (TPSA) is 86.6 Å². The molecule has 0 saturated carbocycles. The highest BCUT2D eigenvalue weighted by atomic mass is 16.5. The van der Waals surface area contributed by atoms with Crippen molar-refractivity contribution in [3.8, 4) is 0 Å². The number of rotatable bonds is 5. The third-order valence-electron chi connectivity index (χ3n) is 1.62. The van der Waals surface area contributed by atoms with Crippen LogP contribution in [0.15, 0.2) is 11.6 Å². The Hall–Kier alpha value is -1.20. The van der Waals surface area contributed by atoms with E-state index in [1.165, 1.54) is 19.9 Å². The van der Waals surface area contributed by atoms with Gasteiger partial charge in [-0.05, 0) is 13.8 Å². The minimum absolute atomic E-state index is 0.00681. The molecule has 0 spiro atoms. The molecule has 0 amide bonds. The van der Waals surface area contributed by atoms with Crippen LogP contribution in [0, 0.1) is 0 Å². The number of hydrogen-bond acceptors (Lipinski definition) is 4. The number of Topliss-reactive ketones (excluding diaryl/α,β-unsaturated/α-hetero) is 1. The van der Waals surface area contributed by atoms with Crippen LogP contribution in [0.5, 0.6) is 0 Å². The summed E-state index contributed by atoms with van der Waals surface area (Å²) in [5.74, 6) is -1.31. The van der Waals surface area contributed by atoms with Crippen LogP contribution >= 0.6 is 0 Å². The molecule has 0 saturated heterocycles. The highest BCUT2D eigenvalue weighted by Gasteiger charge is 2.10. The van der Waals surface area contributed by atoms with Gasteiger partial charge in [0.05, 0.1) is 6.04 Å². The quantitative estimate of drug-likeness (QED) is 0.427. The molecule has 0 aromatic rings. The maximum Gasteiger partial charge on any atom is 0.330 e. The first-order chi connectivity index (χ1) is 5.99. The molecule has 74 valence electrons. The molecule has 0 aromatic carbocycles. The number of ketones is 1. The van der Waals surface area contributed by atoms with E-state index >= 15 is 0 Å². The van der Waals surface area contributed by atoms with Gasteiger partial charge in [-0.15, -0.1) is 0 Å². The third-order valence-corrected chi connectivity index (χ3v) is 1.62. The van der Waals surface area contributed by atoms with E-state index in [2.05, 4.69) is 0 Å². The Morgan fingerprint density at radius 1 is 1.54 bits per heavy atom. The van der Waals surface area contributed by atoms with Crippen LogP contribution in [0.4, 0.5) is 0 Å². The summed E-state index contributed by atoms with van der Waals surface area (Å²) in [5, 5.41) is 16.8. The fraction of sp³-hybridized carbons (Fsp3) is 0.500. The van der Waals surface area contributed by atoms with Crippen LogP contribution < -0.4 is 5.48 Å². The molecule has 0 bridgehead atoms. The normalized spacial score (nSPS) is 13.9. The molecule has 0 fully saturated rings. The van der Waals surface area contributed by atoms with E-state index in [1.54, 1.807) is 5.48 Å². The minimum atomic E-state index is -1.04. The zero-order valence-electron chi connectivity index (χ0n) is 7.57. The summed E-state index contributed by atoms with van der Waals surface area (Å²) in [6.45, 7) is 2.90. The number of allylic oxidation sites excluding steroid dienone is 1. The fourth-order valence-corrected chi connectivity index (χ4v) is 0.590. The standard InChI is InChI=1S/C8H13NO4/c1-5(8(11)12)3-4-7(10)6(2)9-13/h3,6,9,13H,4H2,1-2H3,(H,11,12). The largest absolute Gasteiger partial charge is 0.478 e. The lowest BCUT2D eigenvalue weighted by atomic mass is 10.1. The average molecular weight is 187 g/mol. The summed E-state index contributed by atoms with van der Waals surface area (Å²) in [6.07, 6.45) is 1.32. The summed E-state index contributed by atoms with van der Waals surface area (Å²) in [4.78, 5) is 21.3. The second-order valence-corrected chi connectivity index (χ2v) is 2.71. The van der Waals surface area contributed by atoms with E-state index in [0.29, 0.717) is 0 Å². The summed E-state index contributed by atoms with van der Waals surface area (Å²) >= 11 is 0. The Labute approximate surface area is 76.0 Å². The summed E-state index contributed by atoms with van der Waals surface area (Å²) < 4.78 is 0. The van der Waals surface area contributed by atoms with Gasteiger partial charge >= 0.3 is 5.97 Å². The van der Waals surface area contributed by atoms with Crippen LogP contribution in [0.1, 0.15) is 20.3 Å². The lowest BCUT2D eigenvalue weighted by Gasteiger charge is -2.04. The van der Waals surface area contributed by atoms with Crippen LogP contribution in [0.2, 0.25) is 0 Å². The SMILES string of the molecule is CC(=CCC(=O)C(C)NO)C(=O)O. The van der Waals surface area contributed by atoms with Crippen LogP contribution in [0.3, 0.4) is 0 Å². The summed E-state index contributed by atoms with van der Waals surface area (Å²) in [7, 11) is 0. The van der Waals surface area contributed by atoms with Crippen molar-refractivity contribution < 1.29 is 19.9 Å². The highest BCUT2D eigenvalue weighted by molar-refractivity contribution is 5.89. The molecule has 5 heteroatoms. The van der Waals surface area contributed by atoms with Crippen molar-refractivity contribution in [2.75, 3.05) is 0 Å². The Morgan fingerprint density at radius 3 is 2.46 bits per heavy atom. The van der Waals surface area contributed by atoms with Crippen LogP contribution in [0.25, 0.3) is 0 Å². The van der Waals surface area contributed by atoms with Crippen molar-refractivity contribution >= 4 is 11.8 Å². The van der Waals surface area contributed by atoms with Gasteiger partial charge in [-0.25, -0.2) is 4.79 Å². The molecule has 1 atom stereocenters. The predicted octanol–water partition coefficient (Wildman–Crippen LogP) is 0.344. The van der Waals surface area contributed by atoms with E-state index < -0.39 is 12.0 Å². The Bertz CT molecular complexity index is 234. The Balaban J connectivity index is 4.09. The van der Waals surface area contributed by atoms with Crippen molar-refractivity contribution in [2.45, 2.75) is 26.3 Å². The highest BCUT2D eigenvalue weighted by Crippen LogP contribution is 1.98. The Morgan fingerprint density at radius 2 is 2.08 bits per heavy atom. The summed E-state index contributed by atoms with van der Waals surface area (Å²) in [6, 6.07) is -0.669. The van der Waals surface area contributed by atoms with Gasteiger partial charge < -0.3 is 10.3 Å². The van der Waals surface area contributed by atoms with Crippen molar-refractivity contribution in [2.24, 2.45) is 0 Å². The minimum Gasteiger partial charge on any atom is -0.478 e. The van der Waals surface area contributed by atoms with Crippen molar-refractivity contribution in [1.29, 1.82) is 0 Å². The Kier molecular flexibility index (Phi) is 4.94. The number of hydroxylamine groups is 1. The van der Waals surface area contributed by atoms with Gasteiger partial charge in [0, 0.05) is 12.0 Å². The predicted molar refractivity (Wildman–Crippen MR) is 45.4 cm³/mol. The second-order valence-electron chi connectivity index (χ2n) is 2.71. The smallest absolute Gasteiger partial charge is 0.330 e. The molecular weight excluding hydrogens is 174 g/mol. The zero-order valence-corrected chi connectivity index (χ0v) is 7.57. The molecule has 0 aliphatic rings. The number of carboxylic acid groups (broad SMARTS) is 1. The monoisotopic (exact) mass is 187 g/mol. The molecule has 5 nitrogen and oxygen atoms in total. The molecular formula is C8H13NO4. The van der Waals surface area contributed by atoms with E-state index in [0.717, 1.165) is 0 Å². The maximum absolute atomic E-state index is 11.0. The van der Waals surface area contributed by atoms with Crippen molar-refractivity contribution in [3.05, 3.63) is 11.6 Å². The first-order valence-corrected chi connectivity index (χ1v) is 3.81. The fourth-order valence-electron chi connectivity index (χ4n) is 0.590. The van der Waals surface area contributed by atoms with Gasteiger partial charge in [0.1, 0.15) is 0 Å². The molecule has 0 heterocycles. The van der Waals surface area contributed by atoms with Crippen LogP contribution in [-0.2, 0) is 9.59 Å². The van der Waals surface area contributed by atoms with Gasteiger partial charge in [0.15, 0.2) is 5.78 Å². The van der Waals surface area contributed by atoms with E-state index in [9.17, 15) is 9.59 Å². The third kappa shape index (κ3) is 4.39. The average Bonchev–Trinajstić information content (AvgIpc) is 2.11. The van der Waals surface area contributed by atoms with E-state index in [1.807, 2.05) is 0 Å². The maximum atomic E-state index is 11.0. The van der Waals surface area contributed by atoms with Crippen molar-refractivity contribution in [1.82, 2.24) is 5.48 Å². The summed E-state index contributed by atoms with van der Waals surface area (Å²) in [5.41, 5.74) is 1.92. The number of carboxylic acids is 1. The van der Waals surface area contributed by atoms with Gasteiger partial charge in [0.25, 0.3) is 0 Å². The molecule has 0 radical (unpaired) electrons. The van der Waals surface area contributed by atoms with Crippen LogP contribution in [-0.4, -0.2) is 28.1 Å². The number of aliphatic carboxylic acids is 1. The molecule has 1 unspecified atom stereocenters. The lowest BCUT2D eigenvalue weighted by Crippen LogP contribution is -2.30. The molecule has 0 aromatic heterocycles. The van der Waals surface area contributed by atoms with Gasteiger partial charge in [-0.1, -0.05) is 6.08 Å². The van der Waals surface area contributed by atoms with Gasteiger partial charge in [0.2, 0.25) is 0 Å².